The Labute approximate surface area is 98.9 Å². The molecule has 16 heavy (non-hydrogen) atoms. The zero-order valence-electron chi connectivity index (χ0n) is 11.3. The van der Waals surface area contributed by atoms with Crippen molar-refractivity contribution in [3.05, 3.63) is 11.6 Å². The molecule has 0 spiro atoms. The predicted molar refractivity (Wildman–Crippen MR) is 67.1 cm³/mol. The molecule has 94 valence electrons. The summed E-state index contributed by atoms with van der Waals surface area (Å²) in [6.07, 6.45) is 1.64. The van der Waals surface area contributed by atoms with Crippen molar-refractivity contribution in [3.63, 3.8) is 0 Å². The number of aliphatic hydroxyl groups is 1. The van der Waals surface area contributed by atoms with Gasteiger partial charge in [0.05, 0.1) is 0 Å². The zero-order valence-corrected chi connectivity index (χ0v) is 11.3. The Bertz CT molecular complexity index is 264. The van der Waals surface area contributed by atoms with Crippen LogP contribution in [0, 0.1) is 11.3 Å². The van der Waals surface area contributed by atoms with Crippen molar-refractivity contribution in [1.29, 1.82) is 0 Å². The Hall–Kier alpha value is -0.830. The molecule has 0 aromatic heterocycles. The monoisotopic (exact) mass is 227 g/mol. The van der Waals surface area contributed by atoms with Gasteiger partial charge in [-0.05, 0) is 25.2 Å². The molecule has 0 saturated carbocycles. The van der Waals surface area contributed by atoms with Gasteiger partial charge in [0, 0.05) is 18.7 Å². The minimum Gasteiger partial charge on any atom is -0.396 e. The summed E-state index contributed by atoms with van der Waals surface area (Å²) in [5, 5.41) is 11.8. The summed E-state index contributed by atoms with van der Waals surface area (Å²) in [5.41, 5.74) is 1.07. The van der Waals surface area contributed by atoms with Crippen LogP contribution in [0.25, 0.3) is 0 Å². The maximum Gasteiger partial charge on any atom is 0.244 e. The van der Waals surface area contributed by atoms with Crippen molar-refractivity contribution in [2.24, 2.45) is 11.3 Å². The lowest BCUT2D eigenvalue weighted by Gasteiger charge is -2.21. The number of aliphatic hydroxyl groups excluding tert-OH is 1. The third kappa shape index (κ3) is 5.31. The highest BCUT2D eigenvalue weighted by Gasteiger charge is 2.16. The van der Waals surface area contributed by atoms with Crippen molar-refractivity contribution in [1.82, 2.24) is 5.32 Å². The highest BCUT2D eigenvalue weighted by atomic mass is 16.3. The molecule has 0 heterocycles. The molecule has 0 radical (unpaired) electrons. The number of nitrogens with one attached hydrogen (secondary N) is 1. The molecule has 0 aliphatic carbocycles. The van der Waals surface area contributed by atoms with Gasteiger partial charge in [-0.3, -0.25) is 4.79 Å². The van der Waals surface area contributed by atoms with E-state index < -0.39 is 0 Å². The predicted octanol–water partition coefficient (Wildman–Crippen LogP) is 2.11. The second kappa shape index (κ2) is 6.04. The number of hydrogen-bond donors (Lipinski definition) is 2. The third-order valence-corrected chi connectivity index (χ3v) is 3.04. The van der Waals surface area contributed by atoms with Crippen molar-refractivity contribution in [2.75, 3.05) is 6.61 Å². The van der Waals surface area contributed by atoms with Gasteiger partial charge in [0.15, 0.2) is 0 Å². The first-order chi connectivity index (χ1) is 7.18. The summed E-state index contributed by atoms with van der Waals surface area (Å²) in [7, 11) is 0. The van der Waals surface area contributed by atoms with E-state index in [-0.39, 0.29) is 29.9 Å². The molecule has 0 aromatic rings. The maximum atomic E-state index is 11.7. The van der Waals surface area contributed by atoms with E-state index >= 15 is 0 Å². The Balaban J connectivity index is 4.39. The minimum absolute atomic E-state index is 0.0125. The van der Waals surface area contributed by atoms with Gasteiger partial charge in [0.25, 0.3) is 0 Å². The molecule has 2 unspecified atom stereocenters. The first-order valence-corrected chi connectivity index (χ1v) is 5.78. The standard InChI is InChI=1S/C13H25NO2/c1-9(8-15)11(3)14-12(16)7-10(2)13(4,5)6/h7,9,11,15H,8H2,1-6H3,(H,14,16)/b10-7-. The maximum absolute atomic E-state index is 11.7. The van der Waals surface area contributed by atoms with E-state index in [2.05, 4.69) is 26.1 Å². The van der Waals surface area contributed by atoms with E-state index in [1.165, 1.54) is 0 Å². The Kier molecular flexibility index (Phi) is 5.73. The fourth-order valence-corrected chi connectivity index (χ4v) is 0.980. The molecule has 3 nitrogen and oxygen atoms in total. The van der Waals surface area contributed by atoms with Crippen LogP contribution < -0.4 is 5.32 Å². The smallest absolute Gasteiger partial charge is 0.244 e. The van der Waals surface area contributed by atoms with Gasteiger partial charge in [-0.15, -0.1) is 0 Å². The first kappa shape index (κ1) is 15.2. The number of hydrogen-bond acceptors (Lipinski definition) is 2. The van der Waals surface area contributed by atoms with Crippen molar-refractivity contribution in [3.8, 4) is 0 Å². The quantitative estimate of drug-likeness (QED) is 0.723. The molecule has 0 aliphatic rings. The van der Waals surface area contributed by atoms with Gasteiger partial charge in [-0.1, -0.05) is 33.3 Å². The summed E-state index contributed by atoms with van der Waals surface area (Å²) >= 11 is 0. The van der Waals surface area contributed by atoms with E-state index in [9.17, 15) is 4.79 Å². The molecule has 2 atom stereocenters. The highest BCUT2D eigenvalue weighted by Crippen LogP contribution is 2.23. The van der Waals surface area contributed by atoms with E-state index in [1.807, 2.05) is 20.8 Å². The van der Waals surface area contributed by atoms with E-state index in [0.717, 1.165) is 5.57 Å². The van der Waals surface area contributed by atoms with Crippen LogP contribution in [0.2, 0.25) is 0 Å². The Morgan fingerprint density at radius 3 is 2.25 bits per heavy atom. The van der Waals surface area contributed by atoms with Crippen LogP contribution in [0.4, 0.5) is 0 Å². The molecule has 1 amide bonds. The van der Waals surface area contributed by atoms with Crippen LogP contribution in [0.3, 0.4) is 0 Å². The zero-order chi connectivity index (χ0) is 12.9. The van der Waals surface area contributed by atoms with Crippen molar-refractivity contribution >= 4 is 5.91 Å². The summed E-state index contributed by atoms with van der Waals surface area (Å²) in [6.45, 7) is 12.1. The van der Waals surface area contributed by atoms with Crippen LogP contribution in [0.5, 0.6) is 0 Å². The van der Waals surface area contributed by atoms with Crippen molar-refractivity contribution < 1.29 is 9.90 Å². The Morgan fingerprint density at radius 1 is 1.38 bits per heavy atom. The van der Waals surface area contributed by atoms with Gasteiger partial charge < -0.3 is 10.4 Å². The van der Waals surface area contributed by atoms with Gasteiger partial charge in [0.1, 0.15) is 0 Å². The van der Waals surface area contributed by atoms with Crippen LogP contribution in [-0.4, -0.2) is 23.7 Å². The molecule has 0 bridgehead atoms. The number of amides is 1. The lowest BCUT2D eigenvalue weighted by Crippen LogP contribution is -2.37. The number of carbonyl (C=O) groups excluding carboxylic acids is 1. The van der Waals surface area contributed by atoms with E-state index in [1.54, 1.807) is 6.08 Å². The van der Waals surface area contributed by atoms with E-state index in [4.69, 9.17) is 5.11 Å². The molecule has 0 fully saturated rings. The summed E-state index contributed by atoms with van der Waals surface area (Å²) in [5.74, 6) is -0.00693. The molecule has 3 heteroatoms. The van der Waals surface area contributed by atoms with Gasteiger partial charge in [0.2, 0.25) is 5.91 Å². The molecular weight excluding hydrogens is 202 g/mol. The lowest BCUT2D eigenvalue weighted by molar-refractivity contribution is -0.117. The summed E-state index contributed by atoms with van der Waals surface area (Å²) in [6, 6.07) is -0.0125. The molecule has 2 N–H and O–H groups in total. The van der Waals surface area contributed by atoms with Gasteiger partial charge >= 0.3 is 0 Å². The van der Waals surface area contributed by atoms with Gasteiger partial charge in [-0.25, -0.2) is 0 Å². The molecule has 0 saturated heterocycles. The molecule has 0 rings (SSSR count). The normalized spacial score (nSPS) is 16.8. The van der Waals surface area contributed by atoms with Crippen molar-refractivity contribution in [2.45, 2.75) is 47.6 Å². The highest BCUT2D eigenvalue weighted by molar-refractivity contribution is 5.88. The van der Waals surface area contributed by atoms with E-state index in [0.29, 0.717) is 0 Å². The molecule has 0 aromatic carbocycles. The molecular formula is C13H25NO2. The Morgan fingerprint density at radius 2 is 1.88 bits per heavy atom. The number of rotatable bonds is 4. The fourth-order valence-electron chi connectivity index (χ4n) is 0.980. The molecule has 0 aliphatic heterocycles. The second-order valence-corrected chi connectivity index (χ2v) is 5.53. The second-order valence-electron chi connectivity index (χ2n) is 5.53. The lowest BCUT2D eigenvalue weighted by atomic mass is 9.87. The third-order valence-electron chi connectivity index (χ3n) is 3.04. The number of allylic oxidation sites excluding steroid dienone is 1. The minimum atomic E-state index is -0.0831. The summed E-state index contributed by atoms with van der Waals surface area (Å²) in [4.78, 5) is 11.7. The SMILES string of the molecule is C/C(=C/C(=O)NC(C)C(C)CO)C(C)(C)C. The van der Waals surface area contributed by atoms with Crippen LogP contribution in [0.15, 0.2) is 11.6 Å². The van der Waals surface area contributed by atoms with Gasteiger partial charge in [-0.2, -0.15) is 0 Å². The van der Waals surface area contributed by atoms with Crippen LogP contribution in [-0.2, 0) is 4.79 Å². The fraction of sp³-hybridized carbons (Fsp3) is 0.769. The topological polar surface area (TPSA) is 49.3 Å². The first-order valence-electron chi connectivity index (χ1n) is 5.78. The average molecular weight is 227 g/mol. The largest absolute Gasteiger partial charge is 0.396 e. The summed E-state index contributed by atoms with van der Waals surface area (Å²) < 4.78 is 0. The average Bonchev–Trinajstić information content (AvgIpc) is 2.14. The van der Waals surface area contributed by atoms with Crippen LogP contribution >= 0.6 is 0 Å². The number of carbonyl (C=O) groups is 1. The van der Waals surface area contributed by atoms with Crippen LogP contribution in [0.1, 0.15) is 41.5 Å².